The molecule has 158 valence electrons. The van der Waals surface area contributed by atoms with Crippen LogP contribution in [0.2, 0.25) is 0 Å². The van der Waals surface area contributed by atoms with Gasteiger partial charge in [0.1, 0.15) is 0 Å². The molecule has 1 aromatic carbocycles. The van der Waals surface area contributed by atoms with E-state index in [0.717, 1.165) is 33.6 Å². The van der Waals surface area contributed by atoms with Crippen molar-refractivity contribution in [3.63, 3.8) is 0 Å². The zero-order valence-corrected chi connectivity index (χ0v) is 18.1. The number of nitrogens with zero attached hydrogens (tertiary/aromatic N) is 2. The Bertz CT molecular complexity index is 896. The predicted octanol–water partition coefficient (Wildman–Crippen LogP) is 2.80. The molecule has 0 aliphatic rings. The average molecular weight is 401 g/mol. The quantitative estimate of drug-likeness (QED) is 0.283. The fraction of sp³-hybridized carbons (Fsp3) is 0.455. The lowest BCUT2D eigenvalue weighted by molar-refractivity contribution is -0.151. The van der Waals surface area contributed by atoms with E-state index < -0.39 is 5.41 Å². The molecule has 0 saturated heterocycles. The summed E-state index contributed by atoms with van der Waals surface area (Å²) in [5.74, 6) is 5.33. The van der Waals surface area contributed by atoms with Crippen molar-refractivity contribution in [1.82, 2.24) is 4.98 Å². The summed E-state index contributed by atoms with van der Waals surface area (Å²) < 4.78 is 5.10. The minimum Gasteiger partial charge on any atom is -0.469 e. The third-order valence-corrected chi connectivity index (χ3v) is 5.64. The Balaban J connectivity index is 2.76. The molecule has 0 aliphatic heterocycles. The molecule has 0 bridgehead atoms. The average Bonchev–Trinajstić information content (AvgIpc) is 2.71. The number of nitrogen functional groups attached to an aromatic ring is 1. The molecule has 5 N–H and O–H groups in total. The number of aliphatic hydroxyl groups is 1. The summed E-state index contributed by atoms with van der Waals surface area (Å²) >= 11 is 0. The molecule has 2 aromatic rings. The van der Waals surface area contributed by atoms with Gasteiger partial charge in [-0.1, -0.05) is 6.07 Å². The number of aromatic nitrogens is 1. The van der Waals surface area contributed by atoms with Crippen LogP contribution in [-0.4, -0.2) is 29.7 Å². The molecule has 1 aromatic heterocycles. The van der Waals surface area contributed by atoms with Gasteiger partial charge in [0, 0.05) is 24.4 Å². The van der Waals surface area contributed by atoms with Crippen LogP contribution in [0.15, 0.2) is 24.4 Å². The highest BCUT2D eigenvalue weighted by molar-refractivity contribution is 5.79. The zero-order chi connectivity index (χ0) is 21.9. The zero-order valence-electron chi connectivity index (χ0n) is 18.1. The number of carbonyl (C=O) groups is 1. The van der Waals surface area contributed by atoms with Crippen LogP contribution in [0.5, 0.6) is 0 Å². The highest BCUT2D eigenvalue weighted by Gasteiger charge is 2.41. The topological polar surface area (TPSA) is 115 Å². The number of carbonyl (C=O) groups excluding carboxylic acids is 1. The van der Waals surface area contributed by atoms with Gasteiger partial charge in [0.25, 0.3) is 0 Å². The van der Waals surface area contributed by atoms with Crippen LogP contribution in [0.1, 0.15) is 54.6 Å². The standard InChI is InChI=1S/C22H32N4O3/c1-7-26(24)18-9-8-17(13(2)20(18)23)19(22(4,5)21(28)29-6)15-10-16(12-27)14(3)25-11-15/h8-11,19,27H,7,12,23-24H2,1-6H3. The number of anilines is 2. The lowest BCUT2D eigenvalue weighted by Gasteiger charge is -2.34. The Hall–Kier alpha value is -2.64. The van der Waals surface area contributed by atoms with Crippen molar-refractivity contribution < 1.29 is 14.6 Å². The first-order valence-electron chi connectivity index (χ1n) is 9.65. The van der Waals surface area contributed by atoms with Gasteiger partial charge in [-0.05, 0) is 69.0 Å². The van der Waals surface area contributed by atoms with E-state index in [4.69, 9.17) is 16.3 Å². The highest BCUT2D eigenvalue weighted by Crippen LogP contribution is 2.45. The van der Waals surface area contributed by atoms with Crippen molar-refractivity contribution in [2.75, 3.05) is 24.4 Å². The van der Waals surface area contributed by atoms with Crippen LogP contribution in [0.4, 0.5) is 11.4 Å². The number of ether oxygens (including phenoxy) is 1. The van der Waals surface area contributed by atoms with E-state index in [-0.39, 0.29) is 18.5 Å². The van der Waals surface area contributed by atoms with Gasteiger partial charge in [-0.3, -0.25) is 9.78 Å². The summed E-state index contributed by atoms with van der Waals surface area (Å²) in [7, 11) is 1.38. The molecule has 29 heavy (non-hydrogen) atoms. The predicted molar refractivity (Wildman–Crippen MR) is 115 cm³/mol. The van der Waals surface area contributed by atoms with Crippen molar-refractivity contribution in [1.29, 1.82) is 0 Å². The van der Waals surface area contributed by atoms with E-state index in [0.29, 0.717) is 12.2 Å². The van der Waals surface area contributed by atoms with Crippen LogP contribution in [0.3, 0.4) is 0 Å². The maximum atomic E-state index is 12.7. The number of esters is 1. The Morgan fingerprint density at radius 1 is 1.34 bits per heavy atom. The summed E-state index contributed by atoms with van der Waals surface area (Å²) in [4.78, 5) is 17.1. The van der Waals surface area contributed by atoms with Gasteiger partial charge in [-0.2, -0.15) is 0 Å². The molecule has 1 unspecified atom stereocenters. The first-order chi connectivity index (χ1) is 13.6. The minimum atomic E-state index is -0.899. The van der Waals surface area contributed by atoms with E-state index in [9.17, 15) is 9.90 Å². The third-order valence-electron chi connectivity index (χ3n) is 5.64. The number of aryl methyl sites for hydroxylation is 1. The molecule has 0 aliphatic carbocycles. The first-order valence-corrected chi connectivity index (χ1v) is 9.65. The molecule has 0 amide bonds. The first kappa shape index (κ1) is 22.6. The summed E-state index contributed by atoms with van der Waals surface area (Å²) in [6, 6.07) is 5.71. The highest BCUT2D eigenvalue weighted by atomic mass is 16.5. The molecular formula is C22H32N4O3. The maximum Gasteiger partial charge on any atom is 0.312 e. The molecule has 2 rings (SSSR count). The summed E-state index contributed by atoms with van der Waals surface area (Å²) in [5, 5.41) is 11.3. The van der Waals surface area contributed by atoms with E-state index in [2.05, 4.69) is 4.98 Å². The number of methoxy groups -OCH3 is 1. The Morgan fingerprint density at radius 2 is 2.00 bits per heavy atom. The van der Waals surface area contributed by atoms with Crippen molar-refractivity contribution in [2.45, 2.75) is 47.1 Å². The number of rotatable bonds is 7. The van der Waals surface area contributed by atoms with Gasteiger partial charge in [-0.15, -0.1) is 0 Å². The van der Waals surface area contributed by atoms with Crippen LogP contribution in [0.25, 0.3) is 0 Å². The lowest BCUT2D eigenvalue weighted by Crippen LogP contribution is -2.34. The van der Waals surface area contributed by atoms with E-state index in [1.54, 1.807) is 11.2 Å². The second-order valence-electron chi connectivity index (χ2n) is 7.82. The second kappa shape index (κ2) is 8.80. The normalized spacial score (nSPS) is 12.6. The molecule has 0 saturated carbocycles. The fourth-order valence-corrected chi connectivity index (χ4v) is 3.75. The van der Waals surface area contributed by atoms with Gasteiger partial charge >= 0.3 is 5.97 Å². The largest absolute Gasteiger partial charge is 0.469 e. The van der Waals surface area contributed by atoms with Gasteiger partial charge in [0.15, 0.2) is 0 Å². The number of hydrogen-bond acceptors (Lipinski definition) is 7. The van der Waals surface area contributed by atoms with Gasteiger partial charge in [-0.25, -0.2) is 5.84 Å². The molecule has 0 radical (unpaired) electrons. The van der Waals surface area contributed by atoms with E-state index in [1.807, 2.05) is 52.8 Å². The second-order valence-corrected chi connectivity index (χ2v) is 7.82. The van der Waals surface area contributed by atoms with Crippen molar-refractivity contribution in [2.24, 2.45) is 11.3 Å². The van der Waals surface area contributed by atoms with Crippen LogP contribution in [-0.2, 0) is 16.1 Å². The van der Waals surface area contributed by atoms with E-state index >= 15 is 0 Å². The smallest absolute Gasteiger partial charge is 0.312 e. The molecule has 1 atom stereocenters. The Kier molecular flexibility index (Phi) is 6.87. The summed E-state index contributed by atoms with van der Waals surface area (Å²) in [6.07, 6.45) is 1.74. The van der Waals surface area contributed by atoms with Gasteiger partial charge < -0.3 is 20.6 Å². The lowest BCUT2D eigenvalue weighted by atomic mass is 9.70. The van der Waals surface area contributed by atoms with Gasteiger partial charge in [0.2, 0.25) is 0 Å². The number of hydrogen-bond donors (Lipinski definition) is 3. The molecule has 0 fully saturated rings. The summed E-state index contributed by atoms with van der Waals surface area (Å²) in [6.45, 7) is 9.87. The molecule has 7 nitrogen and oxygen atoms in total. The van der Waals surface area contributed by atoms with Gasteiger partial charge in [0.05, 0.1) is 30.5 Å². The number of pyridine rings is 1. The molecular weight excluding hydrogens is 368 g/mol. The minimum absolute atomic E-state index is 0.128. The Labute approximate surface area is 172 Å². The molecule has 1 heterocycles. The van der Waals surface area contributed by atoms with Crippen LogP contribution >= 0.6 is 0 Å². The van der Waals surface area contributed by atoms with Crippen molar-refractivity contribution >= 4 is 17.3 Å². The Morgan fingerprint density at radius 3 is 2.55 bits per heavy atom. The van der Waals surface area contributed by atoms with E-state index in [1.165, 1.54) is 7.11 Å². The number of aliphatic hydroxyl groups excluding tert-OH is 1. The number of nitrogens with two attached hydrogens (primary N) is 2. The maximum absolute atomic E-state index is 12.7. The van der Waals surface area contributed by atoms with Crippen molar-refractivity contribution in [3.05, 3.63) is 52.3 Å². The molecule has 7 heteroatoms. The van der Waals surface area contributed by atoms with Crippen molar-refractivity contribution in [3.8, 4) is 0 Å². The number of benzene rings is 1. The van der Waals surface area contributed by atoms with Crippen LogP contribution < -0.4 is 16.6 Å². The van der Waals surface area contributed by atoms with Crippen LogP contribution in [0, 0.1) is 19.3 Å². The fourth-order valence-electron chi connectivity index (χ4n) is 3.75. The third kappa shape index (κ3) is 4.21. The molecule has 0 spiro atoms. The summed E-state index contributed by atoms with van der Waals surface area (Å²) in [5.41, 5.74) is 10.8. The monoisotopic (exact) mass is 400 g/mol. The SMILES string of the molecule is CCN(N)c1ccc(C(c2cnc(C)c(CO)c2)C(C)(C)C(=O)OC)c(C)c1N. The number of hydrazine groups is 1.